The van der Waals surface area contributed by atoms with Crippen molar-refractivity contribution in [1.29, 1.82) is 0 Å². The predicted molar refractivity (Wildman–Crippen MR) is 150 cm³/mol. The maximum Gasteiger partial charge on any atom is 4.00 e. The van der Waals surface area contributed by atoms with Gasteiger partial charge in [-0.25, -0.2) is 24.3 Å². The van der Waals surface area contributed by atoms with Crippen LogP contribution in [-0.4, -0.2) is 65.0 Å². The van der Waals surface area contributed by atoms with Gasteiger partial charge in [-0.1, -0.05) is 52.9 Å². The smallest absolute Gasteiger partial charge is 0.855 e. The Kier molecular flexibility index (Phi) is 18.9. The summed E-state index contributed by atoms with van der Waals surface area (Å²) in [6.45, 7) is 18.4. The first-order valence-electron chi connectivity index (χ1n) is 13.4. The summed E-state index contributed by atoms with van der Waals surface area (Å²) in [4.78, 5) is 0. The number of nitrogens with zero attached hydrogens (tertiary/aromatic N) is 2. The summed E-state index contributed by atoms with van der Waals surface area (Å²) < 4.78 is 5.51. The van der Waals surface area contributed by atoms with E-state index in [1.165, 1.54) is 64.7 Å². The Hall–Kier alpha value is -0.143. The van der Waals surface area contributed by atoms with Crippen molar-refractivity contribution < 1.29 is 36.4 Å². The molecule has 2 saturated heterocycles. The molecule has 0 radical (unpaired) electrons. The van der Waals surface area contributed by atoms with Gasteiger partial charge in [0.15, 0.2) is 0 Å². The van der Waals surface area contributed by atoms with Crippen LogP contribution in [0.5, 0.6) is 0 Å². The van der Waals surface area contributed by atoms with Gasteiger partial charge < -0.3 is 19.3 Å². The average Bonchev–Trinajstić information content (AvgIpc) is 3.57. The molecule has 0 N–H and O–H groups in total. The summed E-state index contributed by atoms with van der Waals surface area (Å²) in [5.74, 6) is 0. The van der Waals surface area contributed by atoms with Crippen LogP contribution in [0.3, 0.4) is 0 Å². The van der Waals surface area contributed by atoms with Gasteiger partial charge in [0.2, 0.25) is 0 Å². The monoisotopic (exact) mass is 592 g/mol. The van der Waals surface area contributed by atoms with E-state index in [1.807, 2.05) is 0 Å². The van der Waals surface area contributed by atoms with Gasteiger partial charge in [0.05, 0.1) is 16.5 Å². The van der Waals surface area contributed by atoms with Crippen molar-refractivity contribution >= 4 is 26.8 Å². The molecule has 196 valence electrons. The van der Waals surface area contributed by atoms with Crippen LogP contribution in [0, 0.1) is 0 Å². The Bertz CT molecular complexity index is 647. The van der Waals surface area contributed by atoms with Crippen LogP contribution in [0.1, 0.15) is 52.4 Å². The number of hydrogen-bond acceptors (Lipinski definition) is 4. The second kappa shape index (κ2) is 19.0. The Morgan fingerprint density at radius 1 is 0.571 bits per heavy atom. The van der Waals surface area contributed by atoms with Gasteiger partial charge in [-0.05, 0) is 51.9 Å². The van der Waals surface area contributed by atoms with Crippen LogP contribution in [0.25, 0.3) is 0 Å². The molecule has 7 heteroatoms. The zero-order chi connectivity index (χ0) is 25.5. The number of hydrogen-bond donors (Lipinski definition) is 0. The molecule has 2 aliphatic heterocycles. The SMILES string of the molecule is CC[O-].CC[O-].C[Si](C)([c-]1cccc1)N1CCCCC1.C[Si](C)([c-]1cccc1)N1CCCCC1.[Zr+4]. The topological polar surface area (TPSA) is 52.6 Å². The molecule has 0 bridgehead atoms. The molecular formula is C28H50N2O2Si2Zr. The van der Waals surface area contributed by atoms with Crippen LogP contribution in [0.4, 0.5) is 0 Å². The Labute approximate surface area is 237 Å². The van der Waals surface area contributed by atoms with Gasteiger partial charge >= 0.3 is 26.2 Å². The Balaban J connectivity index is 0.000000528. The van der Waals surface area contributed by atoms with Crippen LogP contribution >= 0.6 is 0 Å². The van der Waals surface area contributed by atoms with Gasteiger partial charge in [-0.3, -0.25) is 0 Å². The van der Waals surface area contributed by atoms with Gasteiger partial charge in [0, 0.05) is 0 Å². The fourth-order valence-corrected chi connectivity index (χ4v) is 10.4. The minimum Gasteiger partial charge on any atom is -0.855 e. The van der Waals surface area contributed by atoms with Gasteiger partial charge in [0.1, 0.15) is 0 Å². The molecule has 2 aliphatic rings. The number of piperidine rings is 2. The van der Waals surface area contributed by atoms with Crippen molar-refractivity contribution in [2.75, 3.05) is 39.4 Å². The van der Waals surface area contributed by atoms with E-state index in [1.54, 1.807) is 24.2 Å². The molecular weight excluding hydrogens is 544 g/mol. The largest absolute Gasteiger partial charge is 4.00 e. The van der Waals surface area contributed by atoms with Gasteiger partial charge in [0.25, 0.3) is 0 Å². The van der Waals surface area contributed by atoms with Crippen LogP contribution in [0.15, 0.2) is 48.5 Å². The van der Waals surface area contributed by atoms with E-state index in [9.17, 15) is 0 Å². The number of rotatable bonds is 4. The quantitative estimate of drug-likeness (QED) is 0.403. The van der Waals surface area contributed by atoms with Crippen molar-refractivity contribution in [2.45, 2.75) is 78.6 Å². The predicted octanol–water partition coefficient (Wildman–Crippen LogP) is 3.34. The normalized spacial score (nSPS) is 16.9. The molecule has 2 aromatic rings. The molecule has 4 rings (SSSR count). The molecule has 2 fully saturated rings. The second-order valence-corrected chi connectivity index (χ2v) is 18.8. The van der Waals surface area contributed by atoms with E-state index in [0.29, 0.717) is 0 Å². The fourth-order valence-electron chi connectivity index (χ4n) is 4.83. The van der Waals surface area contributed by atoms with Crippen molar-refractivity contribution in [3.8, 4) is 0 Å². The molecule has 0 aromatic heterocycles. The summed E-state index contributed by atoms with van der Waals surface area (Å²) in [5, 5.41) is 21.1. The van der Waals surface area contributed by atoms with Crippen molar-refractivity contribution in [3.05, 3.63) is 48.5 Å². The standard InChI is InChI=1S/2C12H20NSi.2C2H5O.Zr/c2*1-14(2,12-8-4-5-9-12)13-10-6-3-7-11-13;2*1-2-3;/h2*4-5,8-9H,3,6-7,10-11H2,1-2H3;2*2H2,1H3;/q4*-1;+4. The van der Waals surface area contributed by atoms with Crippen LogP contribution < -0.4 is 20.6 Å². The van der Waals surface area contributed by atoms with Gasteiger partial charge in [-0.2, -0.15) is 24.3 Å². The first-order chi connectivity index (χ1) is 16.2. The van der Waals surface area contributed by atoms with Crippen molar-refractivity contribution in [2.24, 2.45) is 0 Å². The van der Waals surface area contributed by atoms with Crippen LogP contribution in [0.2, 0.25) is 26.2 Å². The fraction of sp³-hybridized carbons (Fsp3) is 0.643. The van der Waals surface area contributed by atoms with Crippen LogP contribution in [-0.2, 0) is 26.2 Å². The Morgan fingerprint density at radius 3 is 1.03 bits per heavy atom. The summed E-state index contributed by atoms with van der Waals surface area (Å²) in [6.07, 6.45) is 8.46. The van der Waals surface area contributed by atoms with E-state index in [-0.39, 0.29) is 39.4 Å². The molecule has 0 aliphatic carbocycles. The summed E-state index contributed by atoms with van der Waals surface area (Å²) in [5.41, 5.74) is 0. The molecule has 0 unspecified atom stereocenters. The molecule has 0 saturated carbocycles. The minimum absolute atomic E-state index is 0. The minimum atomic E-state index is -1.29. The molecule has 35 heavy (non-hydrogen) atoms. The van der Waals surface area contributed by atoms with E-state index < -0.39 is 16.5 Å². The zero-order valence-corrected chi connectivity index (χ0v) is 27.8. The molecule has 0 atom stereocenters. The van der Waals surface area contributed by atoms with Crippen molar-refractivity contribution in [3.63, 3.8) is 0 Å². The van der Waals surface area contributed by atoms with E-state index in [0.717, 1.165) is 0 Å². The zero-order valence-electron chi connectivity index (χ0n) is 23.3. The summed E-state index contributed by atoms with van der Waals surface area (Å²) in [7, 11) is -2.59. The third kappa shape index (κ3) is 11.8. The average molecular weight is 594 g/mol. The first-order valence-corrected chi connectivity index (χ1v) is 19.3. The third-order valence-electron chi connectivity index (χ3n) is 7.03. The maximum absolute atomic E-state index is 8.93. The second-order valence-electron chi connectivity index (χ2n) is 10.1. The first kappa shape index (κ1) is 34.9. The van der Waals surface area contributed by atoms with Gasteiger partial charge in [-0.15, -0.1) is 23.6 Å². The molecule has 2 aromatic carbocycles. The van der Waals surface area contributed by atoms with E-state index in [4.69, 9.17) is 10.2 Å². The summed E-state index contributed by atoms with van der Waals surface area (Å²) >= 11 is 0. The van der Waals surface area contributed by atoms with E-state index >= 15 is 0 Å². The molecule has 0 spiro atoms. The molecule has 0 amide bonds. The third-order valence-corrected chi connectivity index (χ3v) is 14.6. The molecule has 4 nitrogen and oxygen atoms in total. The maximum atomic E-state index is 8.93. The summed E-state index contributed by atoms with van der Waals surface area (Å²) in [6, 6.07) is 17.9. The van der Waals surface area contributed by atoms with Crippen molar-refractivity contribution in [1.82, 2.24) is 9.13 Å². The van der Waals surface area contributed by atoms with E-state index in [2.05, 4.69) is 83.8 Å². The Morgan fingerprint density at radius 2 is 0.800 bits per heavy atom. The molecule has 2 heterocycles.